The molecule has 148 valence electrons. The molecule has 4 aromatic rings. The minimum atomic E-state index is -0.403. The van der Waals surface area contributed by atoms with Gasteiger partial charge in [0.05, 0.1) is 17.5 Å². The lowest BCUT2D eigenvalue weighted by Crippen LogP contribution is -2.08. The number of anilines is 1. The molecule has 30 heavy (non-hydrogen) atoms. The van der Waals surface area contributed by atoms with Crippen LogP contribution in [0.5, 0.6) is 5.75 Å². The van der Waals surface area contributed by atoms with Gasteiger partial charge in [-0.05, 0) is 66.2 Å². The second kappa shape index (κ2) is 9.11. The second-order valence-corrected chi connectivity index (χ2v) is 7.10. The normalized spacial score (nSPS) is 10.8. The van der Waals surface area contributed by atoms with E-state index in [1.165, 1.54) is 23.5 Å². The molecular formula is C23H16FN3O2S. The predicted molar refractivity (Wildman–Crippen MR) is 117 cm³/mol. The van der Waals surface area contributed by atoms with Gasteiger partial charge in [0.2, 0.25) is 5.13 Å². The molecule has 0 saturated heterocycles. The van der Waals surface area contributed by atoms with E-state index in [9.17, 15) is 9.18 Å². The van der Waals surface area contributed by atoms with E-state index in [1.807, 2.05) is 11.4 Å². The Morgan fingerprint density at radius 2 is 1.73 bits per heavy atom. The lowest BCUT2D eigenvalue weighted by Gasteiger charge is -2.04. The molecular weight excluding hydrogens is 401 g/mol. The molecule has 1 heterocycles. The van der Waals surface area contributed by atoms with E-state index in [-0.39, 0.29) is 5.82 Å². The van der Waals surface area contributed by atoms with Crippen molar-refractivity contribution in [3.8, 4) is 17.0 Å². The maximum atomic E-state index is 13.0. The molecule has 0 aliphatic heterocycles. The highest BCUT2D eigenvalue weighted by Crippen LogP contribution is 2.25. The van der Waals surface area contributed by atoms with Crippen molar-refractivity contribution in [2.24, 2.45) is 5.10 Å². The monoisotopic (exact) mass is 417 g/mol. The molecule has 0 amide bonds. The van der Waals surface area contributed by atoms with Crippen LogP contribution in [0, 0.1) is 5.82 Å². The molecule has 3 aromatic carbocycles. The molecule has 1 aromatic heterocycles. The molecule has 0 radical (unpaired) electrons. The summed E-state index contributed by atoms with van der Waals surface area (Å²) in [6, 6.07) is 22.0. The summed E-state index contributed by atoms with van der Waals surface area (Å²) in [6.45, 7) is 0. The topological polar surface area (TPSA) is 63.6 Å². The van der Waals surface area contributed by atoms with E-state index in [0.29, 0.717) is 16.4 Å². The number of carbonyl (C=O) groups is 1. The molecule has 0 aliphatic carbocycles. The van der Waals surface area contributed by atoms with Crippen molar-refractivity contribution in [3.05, 3.63) is 101 Å². The Balaban J connectivity index is 1.33. The van der Waals surface area contributed by atoms with Crippen molar-refractivity contribution in [2.45, 2.75) is 0 Å². The number of benzene rings is 3. The van der Waals surface area contributed by atoms with E-state index in [4.69, 9.17) is 4.74 Å². The maximum absolute atomic E-state index is 13.0. The summed E-state index contributed by atoms with van der Waals surface area (Å²) in [6.07, 6.45) is 1.64. The molecule has 0 atom stereocenters. The average molecular weight is 417 g/mol. The van der Waals surface area contributed by atoms with Gasteiger partial charge < -0.3 is 4.74 Å². The van der Waals surface area contributed by atoms with Crippen LogP contribution in [0.25, 0.3) is 11.3 Å². The van der Waals surface area contributed by atoms with E-state index < -0.39 is 5.97 Å². The number of hydrogen-bond acceptors (Lipinski definition) is 6. The van der Waals surface area contributed by atoms with Gasteiger partial charge in [-0.1, -0.05) is 18.2 Å². The molecule has 0 bridgehead atoms. The molecule has 0 unspecified atom stereocenters. The number of hydrogen-bond donors (Lipinski definition) is 1. The van der Waals surface area contributed by atoms with Crippen LogP contribution in [0.3, 0.4) is 0 Å². The molecule has 5 nitrogen and oxygen atoms in total. The highest BCUT2D eigenvalue weighted by atomic mass is 32.1. The summed E-state index contributed by atoms with van der Waals surface area (Å²) in [5.74, 6) is -0.227. The zero-order valence-corrected chi connectivity index (χ0v) is 16.5. The van der Waals surface area contributed by atoms with Gasteiger partial charge in [-0.3, -0.25) is 5.43 Å². The fourth-order valence-corrected chi connectivity index (χ4v) is 3.27. The first-order valence-electron chi connectivity index (χ1n) is 9.05. The van der Waals surface area contributed by atoms with Crippen LogP contribution in [0.2, 0.25) is 0 Å². The molecule has 1 N–H and O–H groups in total. The fourth-order valence-electron chi connectivity index (χ4n) is 2.60. The van der Waals surface area contributed by atoms with Crippen molar-refractivity contribution in [2.75, 3.05) is 5.43 Å². The Labute approximate surface area is 176 Å². The van der Waals surface area contributed by atoms with Gasteiger partial charge in [-0.2, -0.15) is 5.10 Å². The van der Waals surface area contributed by atoms with Crippen LogP contribution in [0.4, 0.5) is 9.52 Å². The zero-order chi connectivity index (χ0) is 20.8. The first-order chi connectivity index (χ1) is 14.7. The van der Waals surface area contributed by atoms with Crippen molar-refractivity contribution in [3.63, 3.8) is 0 Å². The van der Waals surface area contributed by atoms with Gasteiger partial charge in [0.15, 0.2) is 0 Å². The van der Waals surface area contributed by atoms with Crippen molar-refractivity contribution in [1.82, 2.24) is 4.98 Å². The SMILES string of the molecule is O=C(Oc1ccc(/C=N/Nc2nc(-c3ccc(F)cc3)cs2)cc1)c1ccccc1. The highest BCUT2D eigenvalue weighted by molar-refractivity contribution is 7.14. The zero-order valence-electron chi connectivity index (χ0n) is 15.7. The number of carbonyl (C=O) groups excluding carboxylic acids is 1. The van der Waals surface area contributed by atoms with Crippen LogP contribution < -0.4 is 10.2 Å². The highest BCUT2D eigenvalue weighted by Gasteiger charge is 2.07. The molecule has 7 heteroatoms. The molecule has 4 rings (SSSR count). The van der Waals surface area contributed by atoms with E-state index in [1.54, 1.807) is 66.9 Å². The predicted octanol–water partition coefficient (Wildman–Crippen LogP) is 5.61. The smallest absolute Gasteiger partial charge is 0.343 e. The van der Waals surface area contributed by atoms with E-state index >= 15 is 0 Å². The van der Waals surface area contributed by atoms with Crippen LogP contribution in [0.15, 0.2) is 89.3 Å². The third-order valence-corrected chi connectivity index (χ3v) is 4.87. The quantitative estimate of drug-likeness (QED) is 0.192. The van der Waals surface area contributed by atoms with Gasteiger partial charge in [0.1, 0.15) is 11.6 Å². The minimum absolute atomic E-state index is 0.280. The van der Waals surface area contributed by atoms with Gasteiger partial charge in [-0.15, -0.1) is 11.3 Å². The van der Waals surface area contributed by atoms with Crippen LogP contribution >= 0.6 is 11.3 Å². The number of esters is 1. The van der Waals surface area contributed by atoms with Crippen molar-refractivity contribution < 1.29 is 13.9 Å². The maximum Gasteiger partial charge on any atom is 0.343 e. The third-order valence-electron chi connectivity index (χ3n) is 4.12. The summed E-state index contributed by atoms with van der Waals surface area (Å²) < 4.78 is 18.4. The van der Waals surface area contributed by atoms with E-state index in [2.05, 4.69) is 15.5 Å². The number of nitrogens with one attached hydrogen (secondary N) is 1. The molecule has 0 aliphatic rings. The summed E-state index contributed by atoms with van der Waals surface area (Å²) in [5, 5.41) is 6.68. The molecule has 0 fully saturated rings. The summed E-state index contributed by atoms with van der Waals surface area (Å²) in [4.78, 5) is 16.5. The van der Waals surface area contributed by atoms with Gasteiger partial charge in [0.25, 0.3) is 0 Å². The van der Waals surface area contributed by atoms with Crippen molar-refractivity contribution >= 4 is 28.7 Å². The molecule has 0 saturated carbocycles. The van der Waals surface area contributed by atoms with Crippen LogP contribution in [0.1, 0.15) is 15.9 Å². The Hall–Kier alpha value is -3.84. The minimum Gasteiger partial charge on any atom is -0.423 e. The largest absolute Gasteiger partial charge is 0.423 e. The van der Waals surface area contributed by atoms with Gasteiger partial charge in [0, 0.05) is 10.9 Å². The number of halogens is 1. The first-order valence-corrected chi connectivity index (χ1v) is 9.93. The fraction of sp³-hybridized carbons (Fsp3) is 0. The van der Waals surface area contributed by atoms with Crippen LogP contribution in [-0.2, 0) is 0 Å². The van der Waals surface area contributed by atoms with Crippen LogP contribution in [-0.4, -0.2) is 17.2 Å². The summed E-state index contributed by atoms with van der Waals surface area (Å²) in [7, 11) is 0. The number of rotatable bonds is 6. The third kappa shape index (κ3) is 4.95. The van der Waals surface area contributed by atoms with Gasteiger partial charge in [-0.25, -0.2) is 14.2 Å². The average Bonchev–Trinajstić information content (AvgIpc) is 3.25. The van der Waals surface area contributed by atoms with Crippen molar-refractivity contribution in [1.29, 1.82) is 0 Å². The Bertz CT molecular complexity index is 1160. The summed E-state index contributed by atoms with van der Waals surface area (Å²) in [5.41, 5.74) is 5.80. The second-order valence-electron chi connectivity index (χ2n) is 6.24. The number of nitrogens with zero attached hydrogens (tertiary/aromatic N) is 2. The number of aromatic nitrogens is 1. The standard InChI is InChI=1S/C23H16FN3O2S/c24-19-10-8-17(9-11-19)21-15-30-23(26-21)27-25-14-16-6-12-20(13-7-16)29-22(28)18-4-2-1-3-5-18/h1-15H,(H,26,27)/b25-14+. The lowest BCUT2D eigenvalue weighted by atomic mass is 10.2. The summed E-state index contributed by atoms with van der Waals surface area (Å²) >= 11 is 1.40. The lowest BCUT2D eigenvalue weighted by molar-refractivity contribution is 0.0735. The number of ether oxygens (including phenoxy) is 1. The van der Waals surface area contributed by atoms with E-state index in [0.717, 1.165) is 16.8 Å². The Kier molecular flexibility index (Phi) is 5.91. The Morgan fingerprint density at radius 1 is 1.00 bits per heavy atom. The Morgan fingerprint density at radius 3 is 2.47 bits per heavy atom. The number of thiazole rings is 1. The number of hydrazone groups is 1. The van der Waals surface area contributed by atoms with Gasteiger partial charge >= 0.3 is 5.97 Å². The molecule has 0 spiro atoms. The first kappa shape index (κ1) is 19.5.